The Balaban J connectivity index is 2.33. The minimum absolute atomic E-state index is 0.264. The normalized spacial score (nSPS) is 15.2. The van der Waals surface area contributed by atoms with Crippen molar-refractivity contribution >= 4 is 5.91 Å². The molecule has 0 atom stereocenters. The van der Waals surface area contributed by atoms with E-state index in [2.05, 4.69) is 18.8 Å². The molecule has 86 valence electrons. The van der Waals surface area contributed by atoms with Crippen LogP contribution in [0.25, 0.3) is 0 Å². The van der Waals surface area contributed by atoms with Crippen molar-refractivity contribution in [3.63, 3.8) is 0 Å². The van der Waals surface area contributed by atoms with Crippen LogP contribution in [0.5, 0.6) is 5.75 Å². The van der Waals surface area contributed by atoms with Crippen LogP contribution in [0.1, 0.15) is 48.7 Å². The number of nitrogens with zero attached hydrogens (tertiary/aromatic N) is 1. The Hall–Kier alpha value is -1.58. The molecular weight excluding hydrogens is 204 g/mol. The molecule has 0 spiro atoms. The number of carbonyl (C=O) groups excluding carboxylic acids is 1. The molecule has 1 aromatic heterocycles. The Morgan fingerprint density at radius 1 is 1.56 bits per heavy atom. The quantitative estimate of drug-likeness (QED) is 0.842. The monoisotopic (exact) mass is 220 g/mol. The van der Waals surface area contributed by atoms with Crippen LogP contribution in [0.2, 0.25) is 0 Å². The highest BCUT2D eigenvalue weighted by Crippen LogP contribution is 2.32. The third kappa shape index (κ3) is 2.32. The molecule has 1 aliphatic rings. The number of nitrogens with two attached hydrogens (primary N) is 1. The van der Waals surface area contributed by atoms with Gasteiger partial charge in [0, 0.05) is 17.8 Å². The summed E-state index contributed by atoms with van der Waals surface area (Å²) in [5.41, 5.74) is 6.49. The number of rotatable bonds is 4. The molecule has 1 saturated carbocycles. The van der Waals surface area contributed by atoms with Gasteiger partial charge in [0.05, 0.1) is 6.10 Å². The molecule has 0 radical (unpaired) electrons. The van der Waals surface area contributed by atoms with Gasteiger partial charge < -0.3 is 10.5 Å². The molecular formula is C12H16N2O2. The summed E-state index contributed by atoms with van der Waals surface area (Å²) in [4.78, 5) is 15.1. The second-order valence-corrected chi connectivity index (χ2v) is 4.44. The highest BCUT2D eigenvalue weighted by Gasteiger charge is 2.25. The molecule has 1 amide bonds. The average Bonchev–Trinajstić information content (AvgIpc) is 3.01. The summed E-state index contributed by atoms with van der Waals surface area (Å²) < 4.78 is 5.76. The fourth-order valence-electron chi connectivity index (χ4n) is 1.48. The van der Waals surface area contributed by atoms with Crippen molar-refractivity contribution in [2.24, 2.45) is 5.73 Å². The van der Waals surface area contributed by atoms with E-state index >= 15 is 0 Å². The Bertz CT molecular complexity index is 411. The lowest BCUT2D eigenvalue weighted by molar-refractivity contribution is 0.0995. The smallest absolute Gasteiger partial charge is 0.267 e. The predicted molar refractivity (Wildman–Crippen MR) is 60.5 cm³/mol. The van der Waals surface area contributed by atoms with Gasteiger partial charge in [-0.05, 0) is 18.8 Å². The van der Waals surface area contributed by atoms with Gasteiger partial charge in [-0.25, -0.2) is 0 Å². The maximum Gasteiger partial charge on any atom is 0.267 e. The number of primary amides is 1. The van der Waals surface area contributed by atoms with Gasteiger partial charge in [0.25, 0.3) is 5.91 Å². The van der Waals surface area contributed by atoms with Crippen LogP contribution in [0.15, 0.2) is 12.3 Å². The van der Waals surface area contributed by atoms with E-state index in [-0.39, 0.29) is 5.69 Å². The lowest BCUT2D eigenvalue weighted by Crippen LogP contribution is -2.14. The number of hydrogen-bond donors (Lipinski definition) is 1. The van der Waals surface area contributed by atoms with E-state index in [4.69, 9.17) is 10.5 Å². The highest BCUT2D eigenvalue weighted by molar-refractivity contribution is 5.91. The second kappa shape index (κ2) is 4.12. The van der Waals surface area contributed by atoms with Crippen molar-refractivity contribution in [1.29, 1.82) is 0 Å². The van der Waals surface area contributed by atoms with Crippen molar-refractivity contribution in [3.05, 3.63) is 23.5 Å². The largest absolute Gasteiger partial charge is 0.490 e. The maximum absolute atomic E-state index is 11.0. The fourth-order valence-corrected chi connectivity index (χ4v) is 1.48. The first kappa shape index (κ1) is 10.9. The number of ether oxygens (including phenoxy) is 1. The standard InChI is InChI=1S/C12H16N2O2/c1-7(2)9-6-14-10(12(13)15)5-11(9)16-8-3-4-8/h5-8H,3-4H2,1-2H3,(H2,13,15). The zero-order valence-electron chi connectivity index (χ0n) is 9.56. The first-order valence-electron chi connectivity index (χ1n) is 5.54. The summed E-state index contributed by atoms with van der Waals surface area (Å²) in [5, 5.41) is 0. The van der Waals surface area contributed by atoms with Crippen LogP contribution in [0.3, 0.4) is 0 Å². The van der Waals surface area contributed by atoms with Gasteiger partial charge in [-0.15, -0.1) is 0 Å². The van der Waals surface area contributed by atoms with Crippen LogP contribution >= 0.6 is 0 Å². The van der Waals surface area contributed by atoms with Crippen molar-refractivity contribution in [2.45, 2.75) is 38.7 Å². The molecule has 1 fully saturated rings. The van der Waals surface area contributed by atoms with Crippen LogP contribution in [0, 0.1) is 0 Å². The molecule has 2 rings (SSSR count). The van der Waals surface area contributed by atoms with Crippen molar-refractivity contribution in [2.75, 3.05) is 0 Å². The summed E-state index contributed by atoms with van der Waals surface area (Å²) in [5.74, 6) is 0.556. The first-order valence-corrected chi connectivity index (χ1v) is 5.54. The first-order chi connectivity index (χ1) is 7.58. The van der Waals surface area contributed by atoms with Gasteiger partial charge in [0.2, 0.25) is 0 Å². The lowest BCUT2D eigenvalue weighted by atomic mass is 10.0. The van der Waals surface area contributed by atoms with E-state index in [1.807, 2.05) is 0 Å². The summed E-state index contributed by atoms with van der Waals surface area (Å²) >= 11 is 0. The predicted octanol–water partition coefficient (Wildman–Crippen LogP) is 1.85. The van der Waals surface area contributed by atoms with Gasteiger partial charge in [0.1, 0.15) is 11.4 Å². The number of pyridine rings is 1. The van der Waals surface area contributed by atoms with Gasteiger partial charge in [-0.1, -0.05) is 13.8 Å². The molecule has 4 heteroatoms. The molecule has 1 heterocycles. The van der Waals surface area contributed by atoms with Crippen LogP contribution in [-0.4, -0.2) is 17.0 Å². The number of carbonyl (C=O) groups is 1. The Morgan fingerprint density at radius 2 is 2.25 bits per heavy atom. The maximum atomic E-state index is 11.0. The van der Waals surface area contributed by atoms with Crippen molar-refractivity contribution < 1.29 is 9.53 Å². The zero-order chi connectivity index (χ0) is 11.7. The summed E-state index contributed by atoms with van der Waals surface area (Å²) in [7, 11) is 0. The SMILES string of the molecule is CC(C)c1cnc(C(N)=O)cc1OC1CC1. The summed E-state index contributed by atoms with van der Waals surface area (Å²) in [6.45, 7) is 4.14. The molecule has 0 saturated heterocycles. The topological polar surface area (TPSA) is 65.2 Å². The van der Waals surface area contributed by atoms with Crippen molar-refractivity contribution in [3.8, 4) is 5.75 Å². The third-order valence-corrected chi connectivity index (χ3v) is 2.59. The van der Waals surface area contributed by atoms with Gasteiger partial charge in [-0.2, -0.15) is 0 Å². The Morgan fingerprint density at radius 3 is 2.75 bits per heavy atom. The van der Waals surface area contributed by atoms with E-state index in [1.165, 1.54) is 0 Å². The second-order valence-electron chi connectivity index (χ2n) is 4.44. The van der Waals surface area contributed by atoms with Crippen LogP contribution in [-0.2, 0) is 0 Å². The molecule has 2 N–H and O–H groups in total. The van der Waals surface area contributed by atoms with Gasteiger partial charge in [-0.3, -0.25) is 9.78 Å². The summed E-state index contributed by atoms with van der Waals surface area (Å²) in [6.07, 6.45) is 4.17. The highest BCUT2D eigenvalue weighted by atomic mass is 16.5. The van der Waals surface area contributed by atoms with Crippen molar-refractivity contribution in [1.82, 2.24) is 4.98 Å². The van der Waals surface area contributed by atoms with E-state index in [1.54, 1.807) is 12.3 Å². The molecule has 4 nitrogen and oxygen atoms in total. The lowest BCUT2D eigenvalue weighted by Gasteiger charge is -2.13. The minimum atomic E-state index is -0.518. The van der Waals surface area contributed by atoms with Gasteiger partial charge >= 0.3 is 0 Å². The fraction of sp³-hybridized carbons (Fsp3) is 0.500. The number of aromatic nitrogens is 1. The molecule has 1 aliphatic carbocycles. The van der Waals surface area contributed by atoms with Crippen LogP contribution in [0.4, 0.5) is 0 Å². The number of hydrogen-bond acceptors (Lipinski definition) is 3. The third-order valence-electron chi connectivity index (χ3n) is 2.59. The molecule has 0 aliphatic heterocycles. The molecule has 1 aromatic rings. The van der Waals surface area contributed by atoms with E-state index in [9.17, 15) is 4.79 Å². The molecule has 0 bridgehead atoms. The van der Waals surface area contributed by atoms with E-state index in [0.29, 0.717) is 12.0 Å². The Labute approximate surface area is 94.8 Å². The average molecular weight is 220 g/mol. The molecule has 0 unspecified atom stereocenters. The molecule has 16 heavy (non-hydrogen) atoms. The minimum Gasteiger partial charge on any atom is -0.490 e. The number of amides is 1. The zero-order valence-corrected chi connectivity index (χ0v) is 9.56. The van der Waals surface area contributed by atoms with Gasteiger partial charge in [0.15, 0.2) is 0 Å². The molecule has 0 aromatic carbocycles. The van der Waals surface area contributed by atoms with E-state index in [0.717, 1.165) is 24.2 Å². The van der Waals surface area contributed by atoms with E-state index < -0.39 is 5.91 Å². The Kier molecular flexibility index (Phi) is 2.81. The summed E-state index contributed by atoms with van der Waals surface area (Å²) in [6, 6.07) is 1.65. The van der Waals surface area contributed by atoms with Crippen LogP contribution < -0.4 is 10.5 Å².